The molecule has 1 aliphatic rings. The fourth-order valence-electron chi connectivity index (χ4n) is 4.55. The predicted molar refractivity (Wildman–Crippen MR) is 149 cm³/mol. The molecule has 0 bridgehead atoms. The minimum absolute atomic E-state index is 0.189. The third-order valence-electron chi connectivity index (χ3n) is 6.39. The summed E-state index contributed by atoms with van der Waals surface area (Å²) in [6.45, 7) is 3.65. The molecule has 2 aromatic carbocycles. The molecule has 2 aromatic heterocycles. The number of ether oxygens (including phenoxy) is 3. The van der Waals surface area contributed by atoms with Gasteiger partial charge in [0.25, 0.3) is 5.56 Å². The van der Waals surface area contributed by atoms with Gasteiger partial charge in [0.15, 0.2) is 4.80 Å². The molecular formula is C30H26N2O7S. The van der Waals surface area contributed by atoms with Crippen molar-refractivity contribution in [2.45, 2.75) is 19.9 Å². The molecule has 0 radical (unpaired) electrons. The number of furan rings is 1. The maximum absolute atomic E-state index is 13.8. The van der Waals surface area contributed by atoms with Gasteiger partial charge < -0.3 is 18.6 Å². The monoisotopic (exact) mass is 558 g/mol. The molecule has 0 N–H and O–H groups in total. The number of fused-ring (bicyclic) bond motifs is 1. The van der Waals surface area contributed by atoms with Crippen LogP contribution in [0.2, 0.25) is 0 Å². The summed E-state index contributed by atoms with van der Waals surface area (Å²) in [4.78, 5) is 43.8. The average Bonchev–Trinajstić information content (AvgIpc) is 3.56. The van der Waals surface area contributed by atoms with Crippen LogP contribution >= 0.6 is 11.3 Å². The Hall–Kier alpha value is -4.70. The van der Waals surface area contributed by atoms with Crippen molar-refractivity contribution in [1.82, 2.24) is 4.57 Å². The number of hydrogen-bond donors (Lipinski definition) is 0. The highest BCUT2D eigenvalue weighted by Crippen LogP contribution is 2.32. The van der Waals surface area contributed by atoms with Gasteiger partial charge in [-0.2, -0.15) is 0 Å². The minimum Gasteiger partial charge on any atom is -0.497 e. The molecule has 0 saturated heterocycles. The lowest BCUT2D eigenvalue weighted by Gasteiger charge is -2.24. The number of carbonyl (C=O) groups excluding carboxylic acids is 2. The van der Waals surface area contributed by atoms with Crippen LogP contribution in [0.4, 0.5) is 0 Å². The molecule has 0 saturated carbocycles. The van der Waals surface area contributed by atoms with E-state index in [4.69, 9.17) is 18.6 Å². The Bertz CT molecular complexity index is 1830. The SMILES string of the molecule is CCOC(=O)C1=C(C)N=c2s/c(=C\c3ccc(-c4cccc(C(=O)OC)c4)o3)c(=O)n2C1c1cccc(OC)c1. The molecule has 1 aliphatic heterocycles. The lowest BCUT2D eigenvalue weighted by molar-refractivity contribution is -0.139. The number of rotatable bonds is 7. The molecule has 40 heavy (non-hydrogen) atoms. The molecule has 3 heterocycles. The molecule has 0 fully saturated rings. The molecule has 9 nitrogen and oxygen atoms in total. The van der Waals surface area contributed by atoms with Crippen LogP contribution in [-0.4, -0.2) is 37.3 Å². The standard InChI is InChI=1S/C30H26N2O7S/c1-5-38-29(35)25-17(2)31-30-32(26(25)19-9-7-11-21(15-19)36-3)27(33)24(40-30)16-22-12-13-23(39-22)18-8-6-10-20(14-18)28(34)37-4/h6-16,26H,5H2,1-4H3/b24-16-. The van der Waals surface area contributed by atoms with Gasteiger partial charge in [-0.1, -0.05) is 35.6 Å². The Labute approximate surface area is 233 Å². The molecule has 10 heteroatoms. The Morgan fingerprint density at radius 3 is 2.62 bits per heavy atom. The fourth-order valence-corrected chi connectivity index (χ4v) is 5.58. The number of carbonyl (C=O) groups is 2. The van der Waals surface area contributed by atoms with E-state index in [1.807, 2.05) is 18.2 Å². The average molecular weight is 559 g/mol. The quantitative estimate of drug-likeness (QED) is 0.317. The van der Waals surface area contributed by atoms with Gasteiger partial charge in [-0.05, 0) is 55.8 Å². The third-order valence-corrected chi connectivity index (χ3v) is 7.38. The number of aromatic nitrogens is 1. The number of allylic oxidation sites excluding steroid dienone is 1. The number of thiazole rings is 1. The smallest absolute Gasteiger partial charge is 0.338 e. The van der Waals surface area contributed by atoms with Crippen molar-refractivity contribution in [1.29, 1.82) is 0 Å². The van der Waals surface area contributed by atoms with Gasteiger partial charge in [-0.25, -0.2) is 14.6 Å². The van der Waals surface area contributed by atoms with Gasteiger partial charge >= 0.3 is 11.9 Å². The van der Waals surface area contributed by atoms with Crippen molar-refractivity contribution in [3.63, 3.8) is 0 Å². The van der Waals surface area contributed by atoms with E-state index in [1.54, 1.807) is 69.5 Å². The van der Waals surface area contributed by atoms with Crippen molar-refractivity contribution in [3.8, 4) is 17.1 Å². The van der Waals surface area contributed by atoms with Crippen LogP contribution in [0.25, 0.3) is 17.4 Å². The lowest BCUT2D eigenvalue weighted by Crippen LogP contribution is -2.39. The Balaban J connectivity index is 1.61. The first-order valence-corrected chi connectivity index (χ1v) is 13.3. The van der Waals surface area contributed by atoms with Gasteiger partial charge in [-0.3, -0.25) is 9.36 Å². The maximum Gasteiger partial charge on any atom is 0.338 e. The summed E-state index contributed by atoms with van der Waals surface area (Å²) >= 11 is 1.20. The molecule has 4 aromatic rings. The fraction of sp³-hybridized carbons (Fsp3) is 0.200. The second kappa shape index (κ2) is 11.2. The number of esters is 2. The molecule has 0 spiro atoms. The van der Waals surface area contributed by atoms with E-state index in [2.05, 4.69) is 4.99 Å². The summed E-state index contributed by atoms with van der Waals surface area (Å²) in [7, 11) is 2.88. The van der Waals surface area contributed by atoms with Crippen molar-refractivity contribution in [2.75, 3.05) is 20.8 Å². The molecule has 0 amide bonds. The van der Waals surface area contributed by atoms with Crippen molar-refractivity contribution in [3.05, 3.63) is 109 Å². The van der Waals surface area contributed by atoms with Crippen molar-refractivity contribution >= 4 is 29.4 Å². The second-order valence-corrected chi connectivity index (χ2v) is 9.86. The van der Waals surface area contributed by atoms with Crippen LogP contribution < -0.4 is 19.6 Å². The Morgan fingerprint density at radius 1 is 1.07 bits per heavy atom. The number of nitrogens with zero attached hydrogens (tertiary/aromatic N) is 2. The van der Waals surface area contributed by atoms with Crippen LogP contribution in [0.15, 0.2) is 86.1 Å². The molecule has 5 rings (SSSR count). The Morgan fingerprint density at radius 2 is 1.88 bits per heavy atom. The summed E-state index contributed by atoms with van der Waals surface area (Å²) in [5.74, 6) is 0.591. The van der Waals surface area contributed by atoms with Crippen molar-refractivity contribution < 1.29 is 28.2 Å². The zero-order valence-corrected chi connectivity index (χ0v) is 23.1. The molecule has 1 unspecified atom stereocenters. The summed E-state index contributed by atoms with van der Waals surface area (Å²) < 4.78 is 23.4. The second-order valence-electron chi connectivity index (χ2n) is 8.85. The van der Waals surface area contributed by atoms with E-state index in [-0.39, 0.29) is 12.2 Å². The molecule has 1 atom stereocenters. The highest BCUT2D eigenvalue weighted by atomic mass is 32.1. The highest BCUT2D eigenvalue weighted by Gasteiger charge is 2.33. The summed E-state index contributed by atoms with van der Waals surface area (Å²) in [6.07, 6.45) is 1.64. The van der Waals surface area contributed by atoms with Crippen LogP contribution in [0.1, 0.15) is 41.6 Å². The van der Waals surface area contributed by atoms with Crippen LogP contribution in [0, 0.1) is 0 Å². The van der Waals surface area contributed by atoms with Gasteiger partial charge in [0.05, 0.1) is 48.2 Å². The van der Waals surface area contributed by atoms with E-state index >= 15 is 0 Å². The summed E-state index contributed by atoms with van der Waals surface area (Å²) in [5, 5.41) is 0. The minimum atomic E-state index is -0.749. The topological polar surface area (TPSA) is 109 Å². The maximum atomic E-state index is 13.8. The van der Waals surface area contributed by atoms with E-state index in [1.165, 1.54) is 23.0 Å². The molecular weight excluding hydrogens is 532 g/mol. The molecule has 204 valence electrons. The lowest BCUT2D eigenvalue weighted by atomic mass is 9.95. The number of methoxy groups -OCH3 is 2. The highest BCUT2D eigenvalue weighted by molar-refractivity contribution is 7.07. The van der Waals surface area contributed by atoms with Gasteiger partial charge in [0.1, 0.15) is 17.3 Å². The largest absolute Gasteiger partial charge is 0.497 e. The van der Waals surface area contributed by atoms with E-state index < -0.39 is 18.0 Å². The van der Waals surface area contributed by atoms with E-state index in [0.29, 0.717) is 54.6 Å². The summed E-state index contributed by atoms with van der Waals surface area (Å²) in [5.41, 5.74) is 2.23. The van der Waals surface area contributed by atoms with Crippen LogP contribution in [0.5, 0.6) is 5.75 Å². The zero-order valence-electron chi connectivity index (χ0n) is 22.3. The van der Waals surface area contributed by atoms with Crippen molar-refractivity contribution in [2.24, 2.45) is 4.99 Å². The number of hydrogen-bond acceptors (Lipinski definition) is 9. The molecule has 0 aliphatic carbocycles. The zero-order chi connectivity index (χ0) is 28.4. The van der Waals surface area contributed by atoms with E-state index in [9.17, 15) is 14.4 Å². The third kappa shape index (κ3) is 5.01. The first-order valence-electron chi connectivity index (χ1n) is 12.5. The first kappa shape index (κ1) is 26.9. The van der Waals surface area contributed by atoms with Gasteiger partial charge in [0, 0.05) is 11.6 Å². The first-order chi connectivity index (χ1) is 19.3. The van der Waals surface area contributed by atoms with Gasteiger partial charge in [-0.15, -0.1) is 0 Å². The normalized spacial score (nSPS) is 14.9. The Kier molecular flexibility index (Phi) is 7.52. The van der Waals surface area contributed by atoms with Gasteiger partial charge in [0.2, 0.25) is 0 Å². The predicted octanol–water partition coefficient (Wildman–Crippen LogP) is 3.85. The van der Waals surface area contributed by atoms with Crippen LogP contribution in [0.3, 0.4) is 0 Å². The van der Waals surface area contributed by atoms with Crippen LogP contribution in [-0.2, 0) is 14.3 Å². The van der Waals surface area contributed by atoms with E-state index in [0.717, 1.165) is 0 Å². The summed E-state index contributed by atoms with van der Waals surface area (Å²) in [6, 6.07) is 16.9. The number of benzene rings is 2.